The lowest BCUT2D eigenvalue weighted by Crippen LogP contribution is -2.16. The van der Waals surface area contributed by atoms with Gasteiger partial charge in [-0.05, 0) is 32.9 Å². The SMILES string of the molecule is Cc1cc(NS(=O)(=O)c2cn(C(C)C)cn2)n(-c2ccccn2)n1. The van der Waals surface area contributed by atoms with E-state index in [1.54, 1.807) is 35.9 Å². The number of sulfonamides is 1. The molecule has 0 atom stereocenters. The molecule has 9 heteroatoms. The maximum absolute atomic E-state index is 12.6. The Balaban J connectivity index is 1.96. The highest BCUT2D eigenvalue weighted by molar-refractivity contribution is 7.92. The number of rotatable bonds is 5. The lowest BCUT2D eigenvalue weighted by molar-refractivity contribution is 0.591. The summed E-state index contributed by atoms with van der Waals surface area (Å²) in [7, 11) is -3.81. The Morgan fingerprint density at radius 3 is 2.62 bits per heavy atom. The molecule has 126 valence electrons. The number of imidazole rings is 1. The normalized spacial score (nSPS) is 11.8. The first kappa shape index (κ1) is 16.2. The number of aromatic nitrogens is 5. The van der Waals surface area contributed by atoms with Gasteiger partial charge in [0.2, 0.25) is 0 Å². The molecule has 0 radical (unpaired) electrons. The van der Waals surface area contributed by atoms with E-state index in [9.17, 15) is 8.42 Å². The van der Waals surface area contributed by atoms with Crippen LogP contribution < -0.4 is 4.72 Å². The predicted molar refractivity (Wildman–Crippen MR) is 89.5 cm³/mol. The molecule has 3 aromatic heterocycles. The molecule has 1 N–H and O–H groups in total. The minimum absolute atomic E-state index is 0.0392. The molecule has 3 aromatic rings. The van der Waals surface area contributed by atoms with Gasteiger partial charge in [0.1, 0.15) is 5.82 Å². The molecule has 0 aliphatic heterocycles. The van der Waals surface area contributed by atoms with E-state index in [0.717, 1.165) is 0 Å². The number of hydrogen-bond acceptors (Lipinski definition) is 5. The fourth-order valence-electron chi connectivity index (χ4n) is 2.15. The van der Waals surface area contributed by atoms with E-state index in [1.165, 1.54) is 17.2 Å². The van der Waals surface area contributed by atoms with Gasteiger partial charge in [-0.1, -0.05) is 6.07 Å². The predicted octanol–water partition coefficient (Wildman–Crippen LogP) is 2.15. The van der Waals surface area contributed by atoms with Gasteiger partial charge >= 0.3 is 0 Å². The first-order chi connectivity index (χ1) is 11.4. The Labute approximate surface area is 140 Å². The van der Waals surface area contributed by atoms with Gasteiger partial charge in [0.25, 0.3) is 10.0 Å². The van der Waals surface area contributed by atoms with Gasteiger partial charge in [0.15, 0.2) is 10.8 Å². The van der Waals surface area contributed by atoms with Crippen LogP contribution in [0.3, 0.4) is 0 Å². The monoisotopic (exact) mass is 346 g/mol. The zero-order valence-corrected chi connectivity index (χ0v) is 14.4. The zero-order chi connectivity index (χ0) is 17.3. The average Bonchev–Trinajstić information content (AvgIpc) is 3.15. The average molecular weight is 346 g/mol. The van der Waals surface area contributed by atoms with E-state index in [4.69, 9.17) is 0 Å². The fraction of sp³-hybridized carbons (Fsp3) is 0.267. The molecule has 0 aromatic carbocycles. The van der Waals surface area contributed by atoms with E-state index >= 15 is 0 Å². The number of nitrogens with one attached hydrogen (secondary N) is 1. The van der Waals surface area contributed by atoms with Crippen LogP contribution in [0.2, 0.25) is 0 Å². The highest BCUT2D eigenvalue weighted by Crippen LogP contribution is 2.19. The first-order valence-corrected chi connectivity index (χ1v) is 8.89. The van der Waals surface area contributed by atoms with Crippen molar-refractivity contribution >= 4 is 15.8 Å². The quantitative estimate of drug-likeness (QED) is 0.764. The van der Waals surface area contributed by atoms with Gasteiger partial charge < -0.3 is 4.57 Å². The van der Waals surface area contributed by atoms with Crippen LogP contribution in [0, 0.1) is 6.92 Å². The summed E-state index contributed by atoms with van der Waals surface area (Å²) in [6.45, 7) is 5.68. The van der Waals surface area contributed by atoms with E-state index in [0.29, 0.717) is 17.3 Å². The molecule has 0 fully saturated rings. The maximum Gasteiger partial charge on any atom is 0.282 e. The van der Waals surface area contributed by atoms with Crippen molar-refractivity contribution in [1.29, 1.82) is 0 Å². The smallest absolute Gasteiger partial charge is 0.282 e. The lowest BCUT2D eigenvalue weighted by atomic mass is 10.4. The van der Waals surface area contributed by atoms with Crippen molar-refractivity contribution in [3.05, 3.63) is 48.7 Å². The van der Waals surface area contributed by atoms with Crippen LogP contribution in [0.25, 0.3) is 5.82 Å². The molecule has 3 heterocycles. The van der Waals surface area contributed by atoms with Gasteiger partial charge in [0.05, 0.1) is 12.0 Å². The Bertz CT molecular complexity index is 944. The second-order valence-electron chi connectivity index (χ2n) is 5.63. The van der Waals surface area contributed by atoms with Crippen molar-refractivity contribution in [2.24, 2.45) is 0 Å². The fourth-order valence-corrected chi connectivity index (χ4v) is 3.13. The van der Waals surface area contributed by atoms with Gasteiger partial charge in [-0.3, -0.25) is 4.72 Å². The number of hydrogen-bond donors (Lipinski definition) is 1. The molecular weight excluding hydrogens is 328 g/mol. The Hall–Kier alpha value is -2.68. The van der Waals surface area contributed by atoms with E-state index in [1.807, 2.05) is 19.9 Å². The molecule has 0 unspecified atom stereocenters. The van der Waals surface area contributed by atoms with Crippen molar-refractivity contribution in [2.75, 3.05) is 4.72 Å². The number of anilines is 1. The summed E-state index contributed by atoms with van der Waals surface area (Å²) < 4.78 is 30.9. The van der Waals surface area contributed by atoms with Gasteiger partial charge in [0, 0.05) is 24.5 Å². The minimum atomic E-state index is -3.81. The van der Waals surface area contributed by atoms with Crippen molar-refractivity contribution < 1.29 is 8.42 Å². The summed E-state index contributed by atoms with van der Waals surface area (Å²) in [5, 5.41) is 4.25. The largest absolute Gasteiger partial charge is 0.334 e. The number of pyridine rings is 1. The van der Waals surface area contributed by atoms with Gasteiger partial charge in [-0.25, -0.2) is 9.97 Å². The standard InChI is InChI=1S/C15H18N6O2S/c1-11(2)20-9-15(17-10-20)24(22,23)19-14-8-12(3)18-21(14)13-6-4-5-7-16-13/h4-11,19H,1-3H3. The van der Waals surface area contributed by atoms with Crippen LogP contribution in [-0.2, 0) is 10.0 Å². The molecule has 8 nitrogen and oxygen atoms in total. The molecule has 0 bridgehead atoms. The summed E-state index contributed by atoms with van der Waals surface area (Å²) in [6, 6.07) is 7.11. The molecular formula is C15H18N6O2S. The van der Waals surface area contributed by atoms with E-state index in [-0.39, 0.29) is 11.1 Å². The Morgan fingerprint density at radius 1 is 1.21 bits per heavy atom. The van der Waals surface area contributed by atoms with Crippen molar-refractivity contribution in [2.45, 2.75) is 31.8 Å². The summed E-state index contributed by atoms with van der Waals surface area (Å²) >= 11 is 0. The molecule has 0 saturated heterocycles. The second kappa shape index (κ2) is 6.08. The van der Waals surface area contributed by atoms with E-state index in [2.05, 4.69) is 19.8 Å². The summed E-state index contributed by atoms with van der Waals surface area (Å²) in [5.74, 6) is 0.835. The molecule has 0 saturated carbocycles. The molecule has 0 aliphatic carbocycles. The topological polar surface area (TPSA) is 94.7 Å². The first-order valence-electron chi connectivity index (χ1n) is 7.41. The van der Waals surface area contributed by atoms with Gasteiger partial charge in [-0.15, -0.1) is 0 Å². The van der Waals surface area contributed by atoms with Crippen molar-refractivity contribution in [3.8, 4) is 5.82 Å². The van der Waals surface area contributed by atoms with Crippen LogP contribution >= 0.6 is 0 Å². The molecule has 0 aliphatic rings. The van der Waals surface area contributed by atoms with Crippen LogP contribution in [0.5, 0.6) is 0 Å². The van der Waals surface area contributed by atoms with Crippen LogP contribution in [0.15, 0.2) is 48.0 Å². The molecule has 24 heavy (non-hydrogen) atoms. The molecule has 0 spiro atoms. The Kier molecular flexibility index (Phi) is 4.10. The van der Waals surface area contributed by atoms with Crippen molar-refractivity contribution in [3.63, 3.8) is 0 Å². The number of nitrogens with zero attached hydrogens (tertiary/aromatic N) is 5. The lowest BCUT2D eigenvalue weighted by Gasteiger charge is -2.08. The highest BCUT2D eigenvalue weighted by Gasteiger charge is 2.21. The Morgan fingerprint density at radius 2 is 2.00 bits per heavy atom. The highest BCUT2D eigenvalue weighted by atomic mass is 32.2. The van der Waals surface area contributed by atoms with E-state index < -0.39 is 10.0 Å². The van der Waals surface area contributed by atoms with Crippen molar-refractivity contribution in [1.82, 2.24) is 24.3 Å². The summed E-state index contributed by atoms with van der Waals surface area (Å²) in [4.78, 5) is 8.18. The third-order valence-electron chi connectivity index (χ3n) is 3.39. The van der Waals surface area contributed by atoms with Crippen LogP contribution in [0.1, 0.15) is 25.6 Å². The molecule has 0 amide bonds. The summed E-state index contributed by atoms with van der Waals surface area (Å²) in [5.41, 5.74) is 0.672. The minimum Gasteiger partial charge on any atom is -0.334 e. The zero-order valence-electron chi connectivity index (χ0n) is 13.6. The summed E-state index contributed by atoms with van der Waals surface area (Å²) in [6.07, 6.45) is 4.62. The molecule has 3 rings (SSSR count). The van der Waals surface area contributed by atoms with Gasteiger partial charge in [-0.2, -0.15) is 18.2 Å². The number of aryl methyl sites for hydroxylation is 1. The third kappa shape index (κ3) is 3.16. The van der Waals surface area contributed by atoms with Crippen LogP contribution in [0.4, 0.5) is 5.82 Å². The maximum atomic E-state index is 12.6. The second-order valence-corrected chi connectivity index (χ2v) is 7.26. The third-order valence-corrected chi connectivity index (χ3v) is 4.63. The van der Waals surface area contributed by atoms with Crippen LogP contribution in [-0.4, -0.2) is 32.7 Å².